The van der Waals surface area contributed by atoms with E-state index >= 15 is 0 Å². The van der Waals surface area contributed by atoms with E-state index in [-0.39, 0.29) is 11.5 Å². The van der Waals surface area contributed by atoms with Crippen LogP contribution in [-0.2, 0) is 6.18 Å². The summed E-state index contributed by atoms with van der Waals surface area (Å²) in [6.45, 7) is 3.34. The molecule has 1 saturated heterocycles. The van der Waals surface area contributed by atoms with Crippen LogP contribution < -0.4 is 0 Å². The van der Waals surface area contributed by atoms with Gasteiger partial charge in [0.1, 0.15) is 0 Å². The number of carbonyl (C=O) groups is 1. The molecule has 21 heavy (non-hydrogen) atoms. The van der Waals surface area contributed by atoms with E-state index in [1.54, 1.807) is 4.90 Å². The summed E-state index contributed by atoms with van der Waals surface area (Å²) in [7, 11) is 0. The van der Waals surface area contributed by atoms with Gasteiger partial charge in [-0.3, -0.25) is 4.79 Å². The van der Waals surface area contributed by atoms with Crippen LogP contribution in [0.25, 0.3) is 0 Å². The summed E-state index contributed by atoms with van der Waals surface area (Å²) < 4.78 is 38.7. The molecule has 0 N–H and O–H groups in total. The summed E-state index contributed by atoms with van der Waals surface area (Å²) >= 11 is 3.18. The van der Waals surface area contributed by atoms with Gasteiger partial charge in [0.15, 0.2) is 0 Å². The van der Waals surface area contributed by atoms with E-state index in [4.69, 9.17) is 0 Å². The number of hydrogen-bond donors (Lipinski definition) is 0. The molecule has 1 atom stereocenters. The molecule has 0 bridgehead atoms. The molecule has 0 aromatic heterocycles. The quantitative estimate of drug-likeness (QED) is 0.706. The van der Waals surface area contributed by atoms with Crippen LogP contribution in [0.1, 0.15) is 42.1 Å². The first-order valence-electron chi connectivity index (χ1n) is 6.95. The third-order valence-corrected chi connectivity index (χ3v) is 4.52. The fraction of sp³-hybridized carbons (Fsp3) is 0.533. The molecule has 0 spiro atoms. The highest BCUT2D eigenvalue weighted by Crippen LogP contribution is 2.32. The molecule has 1 amide bonds. The summed E-state index contributed by atoms with van der Waals surface area (Å²) in [5.74, 6) is 0.217. The largest absolute Gasteiger partial charge is 0.416 e. The molecule has 1 aromatic carbocycles. The van der Waals surface area contributed by atoms with Gasteiger partial charge in [-0.15, -0.1) is 0 Å². The average Bonchev–Trinajstić information content (AvgIpc) is 2.62. The van der Waals surface area contributed by atoms with Gasteiger partial charge in [-0.05, 0) is 59.3 Å². The van der Waals surface area contributed by atoms with Gasteiger partial charge in [0.2, 0.25) is 0 Å². The Morgan fingerprint density at radius 2 is 2.00 bits per heavy atom. The van der Waals surface area contributed by atoms with E-state index in [1.807, 2.05) is 0 Å². The molecule has 0 saturated carbocycles. The van der Waals surface area contributed by atoms with Crippen LogP contribution in [-0.4, -0.2) is 23.9 Å². The smallest absolute Gasteiger partial charge is 0.339 e. The van der Waals surface area contributed by atoms with Crippen molar-refractivity contribution >= 4 is 21.8 Å². The summed E-state index contributed by atoms with van der Waals surface area (Å²) in [6.07, 6.45) is -1.61. The Morgan fingerprint density at radius 3 is 2.67 bits per heavy atom. The number of amides is 1. The van der Waals surface area contributed by atoms with Crippen LogP contribution in [0, 0.1) is 5.92 Å². The number of carbonyl (C=O) groups excluding carboxylic acids is 1. The van der Waals surface area contributed by atoms with Crippen molar-refractivity contribution < 1.29 is 18.0 Å². The number of likely N-dealkylation sites (tertiary alicyclic amines) is 1. The zero-order chi connectivity index (χ0) is 15.6. The third-order valence-electron chi connectivity index (χ3n) is 3.83. The van der Waals surface area contributed by atoms with Crippen molar-refractivity contribution in [1.29, 1.82) is 0 Å². The zero-order valence-corrected chi connectivity index (χ0v) is 13.3. The average molecular weight is 364 g/mol. The van der Waals surface area contributed by atoms with E-state index in [9.17, 15) is 18.0 Å². The lowest BCUT2D eigenvalue weighted by Crippen LogP contribution is -2.32. The minimum Gasteiger partial charge on any atom is -0.339 e. The number of hydrogen-bond acceptors (Lipinski definition) is 1. The molecular formula is C15H17BrF3NO. The normalized spacial score (nSPS) is 20.2. The van der Waals surface area contributed by atoms with Crippen LogP contribution in [0.15, 0.2) is 22.7 Å². The van der Waals surface area contributed by atoms with Crippen molar-refractivity contribution in [3.8, 4) is 0 Å². The second-order valence-corrected chi connectivity index (χ2v) is 6.37. The predicted molar refractivity (Wildman–Crippen MR) is 78.1 cm³/mol. The molecule has 2 rings (SSSR count). The van der Waals surface area contributed by atoms with E-state index in [0.29, 0.717) is 23.5 Å². The van der Waals surface area contributed by atoms with Gasteiger partial charge in [0, 0.05) is 17.6 Å². The van der Waals surface area contributed by atoms with Crippen molar-refractivity contribution in [2.24, 2.45) is 5.92 Å². The van der Waals surface area contributed by atoms with Gasteiger partial charge in [-0.2, -0.15) is 13.2 Å². The van der Waals surface area contributed by atoms with E-state index in [2.05, 4.69) is 22.9 Å². The first-order chi connectivity index (χ1) is 9.79. The Labute approximate surface area is 130 Å². The highest BCUT2D eigenvalue weighted by Gasteiger charge is 2.32. The van der Waals surface area contributed by atoms with Crippen LogP contribution in [0.4, 0.5) is 13.2 Å². The summed E-state index contributed by atoms with van der Waals surface area (Å²) in [4.78, 5) is 14.1. The number of nitrogens with zero attached hydrogens (tertiary/aromatic N) is 1. The molecule has 1 unspecified atom stereocenters. The van der Waals surface area contributed by atoms with Crippen molar-refractivity contribution in [3.05, 3.63) is 33.8 Å². The van der Waals surface area contributed by atoms with Crippen molar-refractivity contribution in [3.63, 3.8) is 0 Å². The maximum atomic E-state index is 12.8. The Hall–Kier alpha value is -1.04. The van der Waals surface area contributed by atoms with Crippen molar-refractivity contribution in [2.45, 2.75) is 32.4 Å². The van der Waals surface area contributed by atoms with E-state index < -0.39 is 11.7 Å². The number of benzene rings is 1. The number of rotatable bonds is 1. The summed E-state index contributed by atoms with van der Waals surface area (Å²) in [6, 6.07) is 3.20. The second-order valence-electron chi connectivity index (χ2n) is 5.52. The SMILES string of the molecule is CC1CCCN(C(=O)c2cc(C(F)(F)F)ccc2Br)CC1. The fourth-order valence-corrected chi connectivity index (χ4v) is 2.92. The fourth-order valence-electron chi connectivity index (χ4n) is 2.50. The van der Waals surface area contributed by atoms with E-state index in [0.717, 1.165) is 31.4 Å². The number of halogens is 4. The molecule has 1 aliphatic rings. The highest BCUT2D eigenvalue weighted by molar-refractivity contribution is 9.10. The first-order valence-corrected chi connectivity index (χ1v) is 7.74. The molecule has 6 heteroatoms. The zero-order valence-electron chi connectivity index (χ0n) is 11.7. The van der Waals surface area contributed by atoms with E-state index in [1.165, 1.54) is 6.07 Å². The topological polar surface area (TPSA) is 20.3 Å². The molecule has 0 aliphatic carbocycles. The Morgan fingerprint density at radius 1 is 1.29 bits per heavy atom. The van der Waals surface area contributed by atoms with Gasteiger partial charge >= 0.3 is 6.18 Å². The lowest BCUT2D eigenvalue weighted by molar-refractivity contribution is -0.137. The molecule has 0 radical (unpaired) electrons. The Bertz CT molecular complexity index is 530. The van der Waals surface area contributed by atoms with Crippen molar-refractivity contribution in [1.82, 2.24) is 4.90 Å². The molecule has 116 valence electrons. The number of alkyl halides is 3. The molecule has 1 aromatic rings. The lowest BCUT2D eigenvalue weighted by Gasteiger charge is -2.21. The van der Waals surface area contributed by atoms with Gasteiger partial charge in [-0.25, -0.2) is 0 Å². The monoisotopic (exact) mass is 363 g/mol. The summed E-state index contributed by atoms with van der Waals surface area (Å²) in [5, 5.41) is 0. The Kier molecular flexibility index (Phi) is 4.96. The van der Waals surface area contributed by atoms with Crippen LogP contribution >= 0.6 is 15.9 Å². The van der Waals surface area contributed by atoms with Crippen LogP contribution in [0.3, 0.4) is 0 Å². The molecule has 1 fully saturated rings. The minimum absolute atomic E-state index is 0.0828. The third kappa shape index (κ3) is 3.99. The second kappa shape index (κ2) is 6.38. The van der Waals surface area contributed by atoms with Gasteiger partial charge < -0.3 is 4.90 Å². The molecule has 1 heterocycles. The minimum atomic E-state index is -4.44. The maximum Gasteiger partial charge on any atom is 0.416 e. The Balaban J connectivity index is 2.26. The lowest BCUT2D eigenvalue weighted by atomic mass is 10.0. The molecular weight excluding hydrogens is 347 g/mol. The molecule has 1 aliphatic heterocycles. The predicted octanol–water partition coefficient (Wildman–Crippen LogP) is 4.73. The summed E-state index contributed by atoms with van der Waals surface area (Å²) in [5.41, 5.74) is -0.711. The van der Waals surface area contributed by atoms with Gasteiger partial charge in [-0.1, -0.05) is 6.92 Å². The van der Waals surface area contributed by atoms with Crippen LogP contribution in [0.5, 0.6) is 0 Å². The van der Waals surface area contributed by atoms with Crippen molar-refractivity contribution in [2.75, 3.05) is 13.1 Å². The molecule has 2 nitrogen and oxygen atoms in total. The standard InChI is InChI=1S/C15H17BrF3NO/c1-10-3-2-7-20(8-6-10)14(21)12-9-11(15(17,18)19)4-5-13(12)16/h4-5,9-10H,2-3,6-8H2,1H3. The maximum absolute atomic E-state index is 12.8. The van der Waals surface area contributed by atoms with Gasteiger partial charge in [0.25, 0.3) is 5.91 Å². The highest BCUT2D eigenvalue weighted by atomic mass is 79.9. The first kappa shape index (κ1) is 16.3. The van der Waals surface area contributed by atoms with Gasteiger partial charge in [0.05, 0.1) is 11.1 Å². The van der Waals surface area contributed by atoms with Crippen LogP contribution in [0.2, 0.25) is 0 Å².